The molecular weight excluding hydrogens is 904 g/mol. The minimum atomic E-state index is -4.70. The predicted molar refractivity (Wildman–Crippen MR) is 302 cm³/mol. The molecule has 0 aliphatic rings. The number of amides is 1. The molecule has 0 heterocycles. The first kappa shape index (κ1) is 69.0. The summed E-state index contributed by atoms with van der Waals surface area (Å²) in [6.45, 7) is 6.82. The lowest BCUT2D eigenvalue weighted by Gasteiger charge is -2.30. The van der Waals surface area contributed by atoms with Crippen LogP contribution in [-0.2, 0) is 27.9 Å². The molecule has 1 N–H and O–H groups in total. The molecule has 0 saturated carbocycles. The number of rotatable bonds is 54. The second kappa shape index (κ2) is 51.5. The summed E-state index contributed by atoms with van der Waals surface area (Å²) in [5.74, 6) is -0.571. The zero-order valence-electron chi connectivity index (χ0n) is 47.4. The van der Waals surface area contributed by atoms with E-state index in [4.69, 9.17) is 13.8 Å². The zero-order valence-corrected chi connectivity index (χ0v) is 48.3. The van der Waals surface area contributed by atoms with E-state index in [1.807, 2.05) is 33.3 Å². The molecule has 1 amide bonds. The number of quaternary nitrogens is 1. The second-order valence-corrected chi connectivity index (χ2v) is 22.9. The van der Waals surface area contributed by atoms with Gasteiger partial charge in [0.1, 0.15) is 19.3 Å². The van der Waals surface area contributed by atoms with E-state index in [-0.39, 0.29) is 31.3 Å². The molecule has 0 aromatic heterocycles. The number of allylic oxidation sites excluding steroid dienone is 7. The van der Waals surface area contributed by atoms with Crippen molar-refractivity contribution in [3.63, 3.8) is 0 Å². The van der Waals surface area contributed by atoms with Crippen LogP contribution >= 0.6 is 7.82 Å². The minimum Gasteiger partial charge on any atom is -0.756 e. The predicted octanol–water partition coefficient (Wildman–Crippen LogP) is 17.5. The maximum atomic E-state index is 13.5. The number of hydrogen-bond donors (Lipinski definition) is 1. The van der Waals surface area contributed by atoms with Gasteiger partial charge in [0.15, 0.2) is 0 Å². The smallest absolute Gasteiger partial charge is 0.306 e. The summed E-state index contributed by atoms with van der Waals surface area (Å²) in [6, 6.07) is -0.902. The normalized spacial score (nSPS) is 14.1. The maximum Gasteiger partial charge on any atom is 0.306 e. The number of unbranched alkanes of at least 4 members (excludes halogenated alkanes) is 33. The maximum absolute atomic E-state index is 13.5. The van der Waals surface area contributed by atoms with Crippen LogP contribution in [0.3, 0.4) is 0 Å². The molecular formula is C61H115N2O7P. The van der Waals surface area contributed by atoms with E-state index in [0.29, 0.717) is 17.4 Å². The first-order valence-electron chi connectivity index (χ1n) is 30.0. The molecule has 0 aliphatic heterocycles. The van der Waals surface area contributed by atoms with Crippen molar-refractivity contribution in [3.05, 3.63) is 48.6 Å². The van der Waals surface area contributed by atoms with Gasteiger partial charge in [0, 0.05) is 12.8 Å². The number of carbonyl (C=O) groups excluding carboxylic acids is 2. The average molecular weight is 1020 g/mol. The van der Waals surface area contributed by atoms with Gasteiger partial charge in [0.05, 0.1) is 33.8 Å². The molecule has 0 radical (unpaired) electrons. The third-order valence-corrected chi connectivity index (χ3v) is 14.2. The fraction of sp³-hybridized carbons (Fsp3) is 0.836. The van der Waals surface area contributed by atoms with E-state index in [1.165, 1.54) is 161 Å². The molecule has 0 rings (SSSR count). The highest BCUT2D eigenvalue weighted by molar-refractivity contribution is 7.45. The summed E-state index contributed by atoms with van der Waals surface area (Å²) in [6.07, 6.45) is 62.2. The fourth-order valence-electron chi connectivity index (χ4n) is 8.57. The molecule has 0 fully saturated rings. The number of hydrogen-bond acceptors (Lipinski definition) is 7. The number of carbonyl (C=O) groups is 2. The van der Waals surface area contributed by atoms with Crippen molar-refractivity contribution >= 4 is 19.7 Å². The topological polar surface area (TPSA) is 114 Å². The molecule has 0 bridgehead atoms. The van der Waals surface area contributed by atoms with Crippen LogP contribution in [-0.4, -0.2) is 69.4 Å². The summed E-state index contributed by atoms with van der Waals surface area (Å²) in [7, 11) is 1.17. The molecule has 3 unspecified atom stereocenters. The van der Waals surface area contributed by atoms with Crippen LogP contribution in [0, 0.1) is 0 Å². The monoisotopic (exact) mass is 1020 g/mol. The molecule has 0 aromatic rings. The highest BCUT2D eigenvalue weighted by atomic mass is 31.2. The second-order valence-electron chi connectivity index (χ2n) is 21.5. The van der Waals surface area contributed by atoms with E-state index in [0.717, 1.165) is 77.0 Å². The van der Waals surface area contributed by atoms with Crippen molar-refractivity contribution in [3.8, 4) is 0 Å². The van der Waals surface area contributed by atoms with Crippen molar-refractivity contribution < 1.29 is 37.3 Å². The van der Waals surface area contributed by atoms with E-state index in [9.17, 15) is 19.0 Å². The number of nitrogens with one attached hydrogen (secondary N) is 1. The van der Waals surface area contributed by atoms with Gasteiger partial charge in [-0.1, -0.05) is 230 Å². The van der Waals surface area contributed by atoms with Gasteiger partial charge in [-0.15, -0.1) is 0 Å². The van der Waals surface area contributed by atoms with Crippen LogP contribution in [0.5, 0.6) is 0 Å². The molecule has 3 atom stereocenters. The Hall–Kier alpha value is -2.03. The Bertz CT molecular complexity index is 1360. The van der Waals surface area contributed by atoms with Gasteiger partial charge in [-0.25, -0.2) is 0 Å². The van der Waals surface area contributed by atoms with Gasteiger partial charge in [-0.3, -0.25) is 14.2 Å². The first-order chi connectivity index (χ1) is 34.4. The van der Waals surface area contributed by atoms with Crippen molar-refractivity contribution in [1.29, 1.82) is 0 Å². The summed E-state index contributed by atoms with van der Waals surface area (Å²) in [5, 5.41) is 3.01. The summed E-state index contributed by atoms with van der Waals surface area (Å²) >= 11 is 0. The van der Waals surface area contributed by atoms with Crippen LogP contribution in [0.1, 0.15) is 278 Å². The summed E-state index contributed by atoms with van der Waals surface area (Å²) in [5.41, 5.74) is 0. The Labute approximate surface area is 439 Å². The van der Waals surface area contributed by atoms with E-state index in [2.05, 4.69) is 62.5 Å². The third-order valence-electron chi connectivity index (χ3n) is 13.3. The number of ether oxygens (including phenoxy) is 1. The van der Waals surface area contributed by atoms with Crippen molar-refractivity contribution in [2.45, 2.75) is 290 Å². The molecule has 71 heavy (non-hydrogen) atoms. The number of esters is 1. The molecule has 0 aliphatic carbocycles. The van der Waals surface area contributed by atoms with Crippen LogP contribution in [0.15, 0.2) is 48.6 Å². The van der Waals surface area contributed by atoms with Crippen LogP contribution in [0.25, 0.3) is 0 Å². The van der Waals surface area contributed by atoms with Crippen LogP contribution in [0.4, 0.5) is 0 Å². The molecule has 10 heteroatoms. The lowest BCUT2D eigenvalue weighted by molar-refractivity contribution is -0.870. The van der Waals surface area contributed by atoms with E-state index >= 15 is 0 Å². The van der Waals surface area contributed by atoms with Gasteiger partial charge in [0.2, 0.25) is 5.91 Å². The highest BCUT2D eigenvalue weighted by Crippen LogP contribution is 2.38. The Morgan fingerprint density at radius 3 is 1.30 bits per heavy atom. The first-order valence-corrected chi connectivity index (χ1v) is 31.4. The molecule has 0 spiro atoms. The number of phosphoric ester groups is 1. The Kier molecular flexibility index (Phi) is 50.0. The zero-order chi connectivity index (χ0) is 52.2. The average Bonchev–Trinajstić information content (AvgIpc) is 3.33. The van der Waals surface area contributed by atoms with Crippen molar-refractivity contribution in [2.24, 2.45) is 0 Å². The highest BCUT2D eigenvalue weighted by Gasteiger charge is 2.27. The number of nitrogens with zero attached hydrogens (tertiary/aromatic N) is 1. The van der Waals surface area contributed by atoms with E-state index < -0.39 is 26.6 Å². The molecule has 0 aromatic carbocycles. The summed E-state index contributed by atoms with van der Waals surface area (Å²) < 4.78 is 30.2. The lowest BCUT2D eigenvalue weighted by Crippen LogP contribution is -2.47. The Morgan fingerprint density at radius 1 is 0.493 bits per heavy atom. The van der Waals surface area contributed by atoms with Crippen LogP contribution in [0.2, 0.25) is 0 Å². The number of likely N-dealkylation sites (N-methyl/N-ethyl adjacent to an activating group) is 1. The van der Waals surface area contributed by atoms with Gasteiger partial charge < -0.3 is 28.5 Å². The Morgan fingerprint density at radius 2 is 0.859 bits per heavy atom. The van der Waals surface area contributed by atoms with Gasteiger partial charge >= 0.3 is 5.97 Å². The van der Waals surface area contributed by atoms with Gasteiger partial charge in [-0.05, 0) is 83.1 Å². The van der Waals surface area contributed by atoms with Crippen molar-refractivity contribution in [1.82, 2.24) is 5.32 Å². The summed E-state index contributed by atoms with van der Waals surface area (Å²) in [4.78, 5) is 39.9. The van der Waals surface area contributed by atoms with Crippen LogP contribution < -0.4 is 10.2 Å². The fourth-order valence-corrected chi connectivity index (χ4v) is 9.29. The number of phosphoric acid groups is 1. The quantitative estimate of drug-likeness (QED) is 0.0161. The molecule has 416 valence electrons. The van der Waals surface area contributed by atoms with Gasteiger partial charge in [0.25, 0.3) is 7.82 Å². The minimum absolute atomic E-state index is 0.0279. The standard InChI is InChI=1S/C61H115N2O7P/c1-7-10-13-16-19-22-25-28-30-32-34-36-39-42-45-48-51-54-61(65)70-59(52-49-46-43-40-37-27-24-21-18-15-12-9-3)58(57-69-71(66,67)68-56-55-63(4,5)6)62-60(64)53-50-47-44-41-38-35-33-31-29-26-23-20-17-14-11-8-2/h28,30-31,33,35,38,49,52,58-59H,7-27,29,32,34,36-37,39-48,50-51,53-57H2,1-6H3,(H-,62,64,66,67)/b30-28+,33-31+,38-35+,52-49+. The van der Waals surface area contributed by atoms with Crippen molar-refractivity contribution in [2.75, 3.05) is 40.9 Å². The SMILES string of the molecule is CCCCCCCC/C=C/CCCCCCCCCC(=O)OC(/C=C/CCCCCCCCCCCC)C(COP(=O)([O-])OCC[N+](C)(C)C)NC(=O)CCCCC/C=C/C=C/CCCCCCCCC. The molecule has 0 saturated heterocycles. The van der Waals surface area contributed by atoms with E-state index in [1.54, 1.807) is 0 Å². The Balaban J connectivity index is 5.35. The lowest BCUT2D eigenvalue weighted by atomic mass is 10.0. The molecule has 9 nitrogen and oxygen atoms in total. The third kappa shape index (κ3) is 52.6. The van der Waals surface area contributed by atoms with Gasteiger partial charge in [-0.2, -0.15) is 0 Å². The largest absolute Gasteiger partial charge is 0.756 e.